The monoisotopic (exact) mass is 255 g/mol. The number of nitrogen functional groups attached to an aromatic ring is 1. The van der Waals surface area contributed by atoms with Crippen LogP contribution in [0, 0.1) is 5.92 Å². The fraction of sp³-hybridized carbons (Fsp3) is 0.333. The molecule has 3 rings (SSSR count). The van der Waals surface area contributed by atoms with E-state index in [2.05, 4.69) is 11.9 Å². The fourth-order valence-corrected chi connectivity index (χ4v) is 2.59. The van der Waals surface area contributed by atoms with Gasteiger partial charge >= 0.3 is 0 Å². The quantitative estimate of drug-likeness (QED) is 0.850. The van der Waals surface area contributed by atoms with Gasteiger partial charge in [0.2, 0.25) is 0 Å². The second kappa shape index (κ2) is 4.53. The zero-order chi connectivity index (χ0) is 13.4. The van der Waals surface area contributed by atoms with E-state index < -0.39 is 0 Å². The molecule has 1 saturated heterocycles. The van der Waals surface area contributed by atoms with E-state index in [1.54, 1.807) is 6.07 Å². The lowest BCUT2D eigenvalue weighted by atomic mass is 10.1. The van der Waals surface area contributed by atoms with Gasteiger partial charge in [0, 0.05) is 24.2 Å². The summed E-state index contributed by atoms with van der Waals surface area (Å²) >= 11 is 0. The maximum absolute atomic E-state index is 12.4. The normalized spacial score (nSPS) is 19.0. The zero-order valence-corrected chi connectivity index (χ0v) is 11.0. The Bertz CT molecular complexity index is 638. The Morgan fingerprint density at radius 1 is 1.42 bits per heavy atom. The van der Waals surface area contributed by atoms with Crippen LogP contribution in [-0.4, -0.2) is 28.9 Å². The third-order valence-corrected chi connectivity index (χ3v) is 3.68. The molecule has 1 amide bonds. The molecule has 0 bridgehead atoms. The molecular weight excluding hydrogens is 238 g/mol. The van der Waals surface area contributed by atoms with Gasteiger partial charge in [0.1, 0.15) is 5.69 Å². The van der Waals surface area contributed by atoms with Crippen molar-refractivity contribution in [3.05, 3.63) is 36.0 Å². The third-order valence-electron chi connectivity index (χ3n) is 3.68. The van der Waals surface area contributed by atoms with Crippen LogP contribution in [0.2, 0.25) is 0 Å². The molecule has 98 valence electrons. The predicted molar refractivity (Wildman–Crippen MR) is 75.8 cm³/mol. The maximum Gasteiger partial charge on any atom is 0.272 e. The van der Waals surface area contributed by atoms with Crippen LogP contribution in [0.25, 0.3) is 10.9 Å². The molecule has 0 spiro atoms. The zero-order valence-electron chi connectivity index (χ0n) is 11.0. The van der Waals surface area contributed by atoms with E-state index in [9.17, 15) is 4.79 Å². The van der Waals surface area contributed by atoms with Crippen molar-refractivity contribution in [2.75, 3.05) is 18.8 Å². The van der Waals surface area contributed by atoms with E-state index in [-0.39, 0.29) is 5.91 Å². The topological polar surface area (TPSA) is 59.2 Å². The Balaban J connectivity index is 1.99. The Labute approximate surface area is 112 Å². The molecule has 1 aromatic carbocycles. The molecule has 2 N–H and O–H groups in total. The standard InChI is InChI=1S/C15H17N3O/c1-10-6-7-18(9-10)15(19)14-8-12(16)11-4-2-3-5-13(11)17-14/h2-5,8,10H,6-7,9H2,1H3,(H2,16,17). The molecule has 0 aliphatic carbocycles. The van der Waals surface area contributed by atoms with Gasteiger partial charge in [-0.05, 0) is 24.5 Å². The number of benzene rings is 1. The van der Waals surface area contributed by atoms with Crippen LogP contribution in [0.4, 0.5) is 5.69 Å². The number of amides is 1. The number of aromatic nitrogens is 1. The average molecular weight is 255 g/mol. The largest absolute Gasteiger partial charge is 0.398 e. The minimum absolute atomic E-state index is 0.0122. The third kappa shape index (κ3) is 2.14. The van der Waals surface area contributed by atoms with Crippen molar-refractivity contribution in [3.63, 3.8) is 0 Å². The summed E-state index contributed by atoms with van der Waals surface area (Å²) in [6.07, 6.45) is 1.06. The number of fused-ring (bicyclic) bond motifs is 1. The van der Waals surface area contributed by atoms with Crippen LogP contribution in [0.3, 0.4) is 0 Å². The first kappa shape index (κ1) is 12.0. The van der Waals surface area contributed by atoms with Crippen LogP contribution in [0.5, 0.6) is 0 Å². The van der Waals surface area contributed by atoms with Crippen LogP contribution in [0.15, 0.2) is 30.3 Å². The molecule has 1 unspecified atom stereocenters. The Morgan fingerprint density at radius 2 is 2.21 bits per heavy atom. The number of nitrogens with zero attached hydrogens (tertiary/aromatic N) is 2. The summed E-state index contributed by atoms with van der Waals surface area (Å²) in [7, 11) is 0. The number of hydrogen-bond acceptors (Lipinski definition) is 3. The highest BCUT2D eigenvalue weighted by Gasteiger charge is 2.25. The lowest BCUT2D eigenvalue weighted by molar-refractivity contribution is 0.0783. The van der Waals surface area contributed by atoms with E-state index in [1.807, 2.05) is 29.2 Å². The molecule has 1 fully saturated rings. The van der Waals surface area contributed by atoms with E-state index in [4.69, 9.17) is 5.73 Å². The number of rotatable bonds is 1. The Hall–Kier alpha value is -2.10. The smallest absolute Gasteiger partial charge is 0.272 e. The molecule has 1 aromatic heterocycles. The summed E-state index contributed by atoms with van der Waals surface area (Å²) in [6.45, 7) is 3.79. The van der Waals surface area contributed by atoms with Crippen molar-refractivity contribution in [2.24, 2.45) is 5.92 Å². The van der Waals surface area contributed by atoms with Gasteiger partial charge in [0.05, 0.1) is 5.52 Å². The molecule has 2 heterocycles. The highest BCUT2D eigenvalue weighted by molar-refractivity contribution is 5.99. The van der Waals surface area contributed by atoms with Gasteiger partial charge < -0.3 is 10.6 Å². The summed E-state index contributed by atoms with van der Waals surface area (Å²) < 4.78 is 0. The van der Waals surface area contributed by atoms with Crippen LogP contribution in [0.1, 0.15) is 23.8 Å². The molecule has 1 aliphatic rings. The highest BCUT2D eigenvalue weighted by atomic mass is 16.2. The molecule has 4 nitrogen and oxygen atoms in total. The molecule has 4 heteroatoms. The van der Waals surface area contributed by atoms with Gasteiger partial charge in [0.15, 0.2) is 0 Å². The number of carbonyl (C=O) groups is 1. The van der Waals surface area contributed by atoms with Crippen molar-refractivity contribution >= 4 is 22.5 Å². The van der Waals surface area contributed by atoms with E-state index in [0.717, 1.165) is 30.4 Å². The van der Waals surface area contributed by atoms with E-state index in [0.29, 0.717) is 17.3 Å². The first-order chi connectivity index (χ1) is 9.15. The predicted octanol–water partition coefficient (Wildman–Crippen LogP) is 2.30. The van der Waals surface area contributed by atoms with Gasteiger partial charge in [0.25, 0.3) is 5.91 Å². The van der Waals surface area contributed by atoms with Gasteiger partial charge in [-0.2, -0.15) is 0 Å². The SMILES string of the molecule is CC1CCN(C(=O)c2cc(N)c3ccccc3n2)C1. The van der Waals surface area contributed by atoms with Crippen molar-refractivity contribution in [2.45, 2.75) is 13.3 Å². The number of carbonyl (C=O) groups excluding carboxylic acids is 1. The molecular formula is C15H17N3O. The van der Waals surface area contributed by atoms with Crippen molar-refractivity contribution in [1.82, 2.24) is 9.88 Å². The molecule has 19 heavy (non-hydrogen) atoms. The van der Waals surface area contributed by atoms with Gasteiger partial charge in [-0.25, -0.2) is 4.98 Å². The number of pyridine rings is 1. The van der Waals surface area contributed by atoms with E-state index >= 15 is 0 Å². The average Bonchev–Trinajstić information content (AvgIpc) is 2.84. The molecule has 0 saturated carbocycles. The van der Waals surface area contributed by atoms with Crippen LogP contribution < -0.4 is 5.73 Å². The molecule has 0 radical (unpaired) electrons. The minimum Gasteiger partial charge on any atom is -0.398 e. The summed E-state index contributed by atoms with van der Waals surface area (Å²) in [6, 6.07) is 9.32. The van der Waals surface area contributed by atoms with Gasteiger partial charge in [-0.1, -0.05) is 25.1 Å². The van der Waals surface area contributed by atoms with Gasteiger partial charge in [-0.15, -0.1) is 0 Å². The van der Waals surface area contributed by atoms with E-state index in [1.165, 1.54) is 0 Å². The Morgan fingerprint density at radius 3 is 2.95 bits per heavy atom. The second-order valence-corrected chi connectivity index (χ2v) is 5.26. The molecule has 2 aromatic rings. The number of hydrogen-bond donors (Lipinski definition) is 1. The van der Waals surface area contributed by atoms with Crippen molar-refractivity contribution in [1.29, 1.82) is 0 Å². The number of para-hydroxylation sites is 1. The summed E-state index contributed by atoms with van der Waals surface area (Å²) in [5.74, 6) is 0.559. The maximum atomic E-state index is 12.4. The summed E-state index contributed by atoms with van der Waals surface area (Å²) in [4.78, 5) is 18.7. The second-order valence-electron chi connectivity index (χ2n) is 5.26. The summed E-state index contributed by atoms with van der Waals surface area (Å²) in [5, 5.41) is 0.897. The number of nitrogens with two attached hydrogens (primary N) is 1. The highest BCUT2D eigenvalue weighted by Crippen LogP contribution is 2.22. The summed E-state index contributed by atoms with van der Waals surface area (Å²) in [5.41, 5.74) is 7.85. The number of anilines is 1. The lowest BCUT2D eigenvalue weighted by Crippen LogP contribution is -2.29. The molecule has 1 aliphatic heterocycles. The fourth-order valence-electron chi connectivity index (χ4n) is 2.59. The Kier molecular flexibility index (Phi) is 2.85. The first-order valence-corrected chi connectivity index (χ1v) is 6.59. The van der Waals surface area contributed by atoms with Crippen LogP contribution >= 0.6 is 0 Å². The number of likely N-dealkylation sites (tertiary alicyclic amines) is 1. The van der Waals surface area contributed by atoms with Gasteiger partial charge in [-0.3, -0.25) is 4.79 Å². The van der Waals surface area contributed by atoms with Crippen LogP contribution in [-0.2, 0) is 0 Å². The molecule has 1 atom stereocenters. The van der Waals surface area contributed by atoms with Crippen molar-refractivity contribution < 1.29 is 4.79 Å². The van der Waals surface area contributed by atoms with Crippen molar-refractivity contribution in [3.8, 4) is 0 Å². The first-order valence-electron chi connectivity index (χ1n) is 6.59. The minimum atomic E-state index is -0.0122. The lowest BCUT2D eigenvalue weighted by Gasteiger charge is -2.16.